The summed E-state index contributed by atoms with van der Waals surface area (Å²) in [6, 6.07) is 9.18. The van der Waals surface area contributed by atoms with Crippen molar-refractivity contribution in [2.45, 2.75) is 44.2 Å². The van der Waals surface area contributed by atoms with E-state index < -0.39 is 0 Å². The smallest absolute Gasteiger partial charge is 0.246 e. The average molecular weight is 585 g/mol. The van der Waals surface area contributed by atoms with Crippen LogP contribution in [0.5, 0.6) is 5.75 Å². The number of hydrogen-bond donors (Lipinski definition) is 1. The highest BCUT2D eigenvalue weighted by Gasteiger charge is 2.36. The van der Waals surface area contributed by atoms with Gasteiger partial charge in [0, 0.05) is 69.7 Å². The standard InChI is InChI=1S/C34H44N6O3/c1-4-5-14-37(3)15-6-7-32(41)40-23-28(24-40)38-16-11-26(12-17-38)27-8-9-31-29(22-27)36-34-33(25(2)43-31)30(10-13-35-34)39-18-20-42-21-19-39/h1,6-10,13,22,25-26,28H,5,11-12,14-21,23-24H2,2-3H3,(H,35,36)/b7-6+/t25-/m0/s1. The van der Waals surface area contributed by atoms with Crippen LogP contribution < -0.4 is 15.0 Å². The van der Waals surface area contributed by atoms with E-state index >= 15 is 0 Å². The van der Waals surface area contributed by atoms with Gasteiger partial charge in [-0.2, -0.15) is 0 Å². The lowest BCUT2D eigenvalue weighted by atomic mass is 9.88. The number of pyridine rings is 1. The van der Waals surface area contributed by atoms with E-state index in [-0.39, 0.29) is 12.0 Å². The first-order chi connectivity index (χ1) is 21.0. The second kappa shape index (κ2) is 13.4. The van der Waals surface area contributed by atoms with Gasteiger partial charge in [-0.1, -0.05) is 12.1 Å². The first-order valence-corrected chi connectivity index (χ1v) is 15.7. The van der Waals surface area contributed by atoms with Gasteiger partial charge in [-0.05, 0) is 69.6 Å². The van der Waals surface area contributed by atoms with Crippen molar-refractivity contribution in [2.75, 3.05) is 82.8 Å². The molecule has 2 aromatic rings. The Balaban J connectivity index is 1.03. The highest BCUT2D eigenvalue weighted by molar-refractivity contribution is 5.88. The van der Waals surface area contributed by atoms with Gasteiger partial charge in [0.05, 0.1) is 24.5 Å². The molecule has 4 aliphatic rings. The summed E-state index contributed by atoms with van der Waals surface area (Å²) >= 11 is 0. The number of hydrogen-bond acceptors (Lipinski definition) is 8. The maximum absolute atomic E-state index is 12.6. The van der Waals surface area contributed by atoms with Crippen molar-refractivity contribution in [2.24, 2.45) is 0 Å². The lowest BCUT2D eigenvalue weighted by Gasteiger charge is -2.47. The van der Waals surface area contributed by atoms with Gasteiger partial charge in [0.25, 0.3) is 0 Å². The summed E-state index contributed by atoms with van der Waals surface area (Å²) in [7, 11) is 2.02. The Morgan fingerprint density at radius 3 is 2.74 bits per heavy atom. The zero-order valence-corrected chi connectivity index (χ0v) is 25.5. The van der Waals surface area contributed by atoms with Gasteiger partial charge >= 0.3 is 0 Å². The fourth-order valence-electron chi connectivity index (χ4n) is 6.67. The van der Waals surface area contributed by atoms with Gasteiger partial charge in [0.15, 0.2) is 0 Å². The molecule has 0 saturated carbocycles. The highest BCUT2D eigenvalue weighted by atomic mass is 16.5. The Hall–Kier alpha value is -3.58. The molecule has 9 nitrogen and oxygen atoms in total. The predicted molar refractivity (Wildman–Crippen MR) is 170 cm³/mol. The highest BCUT2D eigenvalue weighted by Crippen LogP contribution is 2.43. The van der Waals surface area contributed by atoms with E-state index in [1.807, 2.05) is 24.2 Å². The molecule has 4 aliphatic heterocycles. The summed E-state index contributed by atoms with van der Waals surface area (Å²) < 4.78 is 12.1. The zero-order chi connectivity index (χ0) is 29.8. The molecule has 3 fully saturated rings. The number of carbonyl (C=O) groups is 1. The van der Waals surface area contributed by atoms with Crippen LogP contribution in [0.1, 0.15) is 49.3 Å². The number of aromatic nitrogens is 1. The Labute approximate surface area is 255 Å². The third kappa shape index (κ3) is 6.67. The summed E-state index contributed by atoms with van der Waals surface area (Å²) in [5.41, 5.74) is 4.61. The molecule has 1 N–H and O–H groups in total. The molecular weight excluding hydrogens is 540 g/mol. The molecule has 9 heteroatoms. The van der Waals surface area contributed by atoms with Crippen LogP contribution in [-0.2, 0) is 9.53 Å². The molecule has 43 heavy (non-hydrogen) atoms. The number of carbonyl (C=O) groups excluding carboxylic acids is 1. The fraction of sp³-hybridized carbons (Fsp3) is 0.529. The van der Waals surface area contributed by atoms with Crippen molar-refractivity contribution in [3.8, 4) is 18.1 Å². The Bertz CT molecular complexity index is 1350. The summed E-state index contributed by atoms with van der Waals surface area (Å²) in [6.45, 7) is 10.7. The van der Waals surface area contributed by atoms with E-state index in [0.717, 1.165) is 108 Å². The predicted octanol–water partition coefficient (Wildman–Crippen LogP) is 4.02. The summed E-state index contributed by atoms with van der Waals surface area (Å²) in [6.07, 6.45) is 13.7. The lowest BCUT2D eigenvalue weighted by Crippen LogP contribution is -2.61. The first kappa shape index (κ1) is 29.5. The van der Waals surface area contributed by atoms with Gasteiger partial charge in [-0.3, -0.25) is 9.69 Å². The van der Waals surface area contributed by atoms with Gasteiger partial charge in [0.2, 0.25) is 5.91 Å². The quantitative estimate of drug-likeness (QED) is 0.369. The van der Waals surface area contributed by atoms with E-state index in [9.17, 15) is 4.79 Å². The van der Waals surface area contributed by atoms with E-state index in [1.54, 1.807) is 6.08 Å². The van der Waals surface area contributed by atoms with Crippen molar-refractivity contribution >= 4 is 23.1 Å². The maximum atomic E-state index is 12.6. The van der Waals surface area contributed by atoms with Crippen molar-refractivity contribution in [3.05, 3.63) is 53.7 Å². The second-order valence-electron chi connectivity index (χ2n) is 12.2. The van der Waals surface area contributed by atoms with Crippen LogP contribution in [0.2, 0.25) is 0 Å². The Morgan fingerprint density at radius 2 is 1.98 bits per heavy atom. The van der Waals surface area contributed by atoms with Crippen molar-refractivity contribution in [1.82, 2.24) is 19.7 Å². The number of piperidine rings is 1. The Morgan fingerprint density at radius 1 is 1.19 bits per heavy atom. The molecule has 0 radical (unpaired) electrons. The average Bonchev–Trinajstić information content (AvgIpc) is 3.15. The number of ether oxygens (including phenoxy) is 2. The molecule has 1 atom stereocenters. The number of fused-ring (bicyclic) bond motifs is 2. The number of likely N-dealkylation sites (tertiary alicyclic amines) is 2. The molecule has 0 spiro atoms. The summed E-state index contributed by atoms with van der Waals surface area (Å²) in [5, 5.41) is 3.62. The lowest BCUT2D eigenvalue weighted by molar-refractivity contribution is -0.133. The number of amides is 1. The minimum absolute atomic E-state index is 0.110. The van der Waals surface area contributed by atoms with Crippen molar-refractivity contribution in [1.29, 1.82) is 0 Å². The van der Waals surface area contributed by atoms with Gasteiger partial charge in [0.1, 0.15) is 17.7 Å². The third-order valence-electron chi connectivity index (χ3n) is 9.29. The van der Waals surface area contributed by atoms with Crippen LogP contribution in [0.3, 0.4) is 0 Å². The number of morpholine rings is 1. The van der Waals surface area contributed by atoms with E-state index in [2.05, 4.69) is 57.1 Å². The molecule has 1 aromatic heterocycles. The number of nitrogens with one attached hydrogen (secondary N) is 1. The third-order valence-corrected chi connectivity index (χ3v) is 9.29. The minimum atomic E-state index is -0.117. The summed E-state index contributed by atoms with van der Waals surface area (Å²) in [5.74, 6) is 5.01. The SMILES string of the molecule is C#CCCN(C)C/C=C/C(=O)N1CC(N2CCC(c3ccc4c(c3)Nc3nccc(N5CCOCC5)c3[C@H](C)O4)CC2)C1. The van der Waals surface area contributed by atoms with E-state index in [0.29, 0.717) is 12.0 Å². The number of rotatable bonds is 8. The molecular formula is C34H44N6O3. The molecule has 0 aliphatic carbocycles. The molecule has 6 rings (SSSR count). The van der Waals surface area contributed by atoms with Crippen LogP contribution in [-0.4, -0.2) is 104 Å². The van der Waals surface area contributed by atoms with Gasteiger partial charge < -0.3 is 29.5 Å². The normalized spacial score (nSPS) is 21.4. The van der Waals surface area contributed by atoms with Crippen LogP contribution in [0.25, 0.3) is 0 Å². The first-order valence-electron chi connectivity index (χ1n) is 15.7. The monoisotopic (exact) mass is 584 g/mol. The molecule has 3 saturated heterocycles. The number of nitrogens with zero attached hydrogens (tertiary/aromatic N) is 5. The largest absolute Gasteiger partial charge is 0.484 e. The van der Waals surface area contributed by atoms with E-state index in [4.69, 9.17) is 20.9 Å². The number of anilines is 3. The van der Waals surface area contributed by atoms with Crippen LogP contribution >= 0.6 is 0 Å². The van der Waals surface area contributed by atoms with Crippen molar-refractivity contribution in [3.63, 3.8) is 0 Å². The zero-order valence-electron chi connectivity index (χ0n) is 25.5. The molecule has 0 unspecified atom stereocenters. The molecule has 5 heterocycles. The second-order valence-corrected chi connectivity index (χ2v) is 12.2. The summed E-state index contributed by atoms with van der Waals surface area (Å²) in [4.78, 5) is 26.3. The molecule has 1 amide bonds. The fourth-order valence-corrected chi connectivity index (χ4v) is 6.67. The van der Waals surface area contributed by atoms with Gasteiger partial charge in [-0.15, -0.1) is 12.3 Å². The molecule has 1 aromatic carbocycles. The van der Waals surface area contributed by atoms with Crippen LogP contribution in [0.4, 0.5) is 17.2 Å². The molecule has 228 valence electrons. The number of benzene rings is 1. The van der Waals surface area contributed by atoms with Crippen LogP contribution in [0, 0.1) is 12.3 Å². The van der Waals surface area contributed by atoms with E-state index in [1.165, 1.54) is 11.3 Å². The van der Waals surface area contributed by atoms with Crippen LogP contribution in [0.15, 0.2) is 42.6 Å². The van der Waals surface area contributed by atoms with Crippen molar-refractivity contribution < 1.29 is 14.3 Å². The topological polar surface area (TPSA) is 73.4 Å². The number of terminal acetylenes is 1. The van der Waals surface area contributed by atoms with Gasteiger partial charge in [-0.25, -0.2) is 4.98 Å². The maximum Gasteiger partial charge on any atom is 0.246 e. The number of likely N-dealkylation sites (N-methyl/N-ethyl adjacent to an activating group) is 1. The Kier molecular flexibility index (Phi) is 9.17. The molecule has 0 bridgehead atoms. The minimum Gasteiger partial charge on any atom is -0.484 e.